The Morgan fingerprint density at radius 2 is 2.40 bits per heavy atom. The van der Waals surface area contributed by atoms with Gasteiger partial charge in [0.05, 0.1) is 12.8 Å². The first kappa shape index (κ1) is 11.8. The van der Waals surface area contributed by atoms with Gasteiger partial charge in [0.25, 0.3) is 0 Å². The zero-order chi connectivity index (χ0) is 11.3. The number of unbranched alkanes of at least 4 members (excludes halogenated alkanes) is 1. The lowest BCUT2D eigenvalue weighted by molar-refractivity contribution is -0.145. The number of nitrogens with zero attached hydrogens (tertiary/aromatic N) is 2. The van der Waals surface area contributed by atoms with E-state index in [1.807, 2.05) is 19.2 Å². The van der Waals surface area contributed by atoms with Gasteiger partial charge in [0.15, 0.2) is 0 Å². The monoisotopic (exact) mass is 210 g/mol. The zero-order valence-electron chi connectivity index (χ0n) is 9.56. The van der Waals surface area contributed by atoms with E-state index in [0.29, 0.717) is 0 Å². The third-order valence-electron chi connectivity index (χ3n) is 2.37. The lowest BCUT2D eigenvalue weighted by Gasteiger charge is -2.14. The SMILES string of the molecule is CCCCC(C(=O)OC)n1ccc(C)n1. The fourth-order valence-electron chi connectivity index (χ4n) is 1.50. The van der Waals surface area contributed by atoms with E-state index in [2.05, 4.69) is 12.0 Å². The largest absolute Gasteiger partial charge is 0.467 e. The second kappa shape index (κ2) is 5.53. The molecule has 0 aromatic carbocycles. The van der Waals surface area contributed by atoms with Crippen LogP contribution in [-0.2, 0) is 9.53 Å². The number of esters is 1. The summed E-state index contributed by atoms with van der Waals surface area (Å²) < 4.78 is 6.46. The van der Waals surface area contributed by atoms with Crippen LogP contribution >= 0.6 is 0 Å². The minimum atomic E-state index is -0.274. The summed E-state index contributed by atoms with van der Waals surface area (Å²) in [6.07, 6.45) is 4.67. The molecule has 1 aromatic heterocycles. The summed E-state index contributed by atoms with van der Waals surface area (Å²) in [4.78, 5) is 11.5. The van der Waals surface area contributed by atoms with Crippen LogP contribution in [0, 0.1) is 6.92 Å². The molecule has 1 rings (SSSR count). The van der Waals surface area contributed by atoms with Crippen LogP contribution in [0.4, 0.5) is 0 Å². The lowest BCUT2D eigenvalue weighted by atomic mass is 10.1. The molecule has 4 heteroatoms. The number of aryl methyl sites for hydroxylation is 1. The first-order chi connectivity index (χ1) is 7.19. The van der Waals surface area contributed by atoms with Gasteiger partial charge in [-0.2, -0.15) is 5.10 Å². The molecule has 4 nitrogen and oxygen atoms in total. The van der Waals surface area contributed by atoms with E-state index in [1.165, 1.54) is 7.11 Å². The Morgan fingerprint density at radius 1 is 1.67 bits per heavy atom. The normalized spacial score (nSPS) is 12.5. The van der Waals surface area contributed by atoms with Crippen molar-refractivity contribution in [3.63, 3.8) is 0 Å². The number of hydrogen-bond donors (Lipinski definition) is 0. The molecule has 0 radical (unpaired) electrons. The summed E-state index contributed by atoms with van der Waals surface area (Å²) in [6.45, 7) is 4.01. The fraction of sp³-hybridized carbons (Fsp3) is 0.636. The smallest absolute Gasteiger partial charge is 0.330 e. The van der Waals surface area contributed by atoms with Crippen LogP contribution in [0.3, 0.4) is 0 Å². The van der Waals surface area contributed by atoms with E-state index >= 15 is 0 Å². The number of ether oxygens (including phenoxy) is 1. The van der Waals surface area contributed by atoms with Crippen molar-refractivity contribution in [3.05, 3.63) is 18.0 Å². The average molecular weight is 210 g/mol. The highest BCUT2D eigenvalue weighted by atomic mass is 16.5. The first-order valence-corrected chi connectivity index (χ1v) is 5.28. The Morgan fingerprint density at radius 3 is 2.87 bits per heavy atom. The lowest BCUT2D eigenvalue weighted by Crippen LogP contribution is -2.21. The summed E-state index contributed by atoms with van der Waals surface area (Å²) in [7, 11) is 1.41. The van der Waals surface area contributed by atoms with Crippen molar-refractivity contribution in [2.24, 2.45) is 0 Å². The molecule has 0 aliphatic rings. The van der Waals surface area contributed by atoms with E-state index in [0.717, 1.165) is 25.0 Å². The van der Waals surface area contributed by atoms with E-state index in [4.69, 9.17) is 4.74 Å². The minimum Gasteiger partial charge on any atom is -0.467 e. The highest BCUT2D eigenvalue weighted by Crippen LogP contribution is 2.16. The molecular weight excluding hydrogens is 192 g/mol. The maximum atomic E-state index is 11.5. The number of carbonyl (C=O) groups is 1. The predicted molar refractivity (Wildman–Crippen MR) is 57.5 cm³/mol. The molecule has 0 N–H and O–H groups in total. The number of rotatable bonds is 5. The molecule has 0 fully saturated rings. The van der Waals surface area contributed by atoms with E-state index in [1.54, 1.807) is 4.68 Å². The summed E-state index contributed by atoms with van der Waals surface area (Å²) in [5.41, 5.74) is 0.917. The summed E-state index contributed by atoms with van der Waals surface area (Å²) in [5.74, 6) is -0.216. The first-order valence-electron chi connectivity index (χ1n) is 5.28. The van der Waals surface area contributed by atoms with Crippen molar-refractivity contribution < 1.29 is 9.53 Å². The quantitative estimate of drug-likeness (QED) is 0.699. The Kier molecular flexibility index (Phi) is 4.34. The van der Waals surface area contributed by atoms with Gasteiger partial charge in [0, 0.05) is 6.20 Å². The molecule has 0 saturated carbocycles. The molecule has 1 aromatic rings. The molecule has 1 heterocycles. The van der Waals surface area contributed by atoms with Gasteiger partial charge in [0.1, 0.15) is 6.04 Å². The molecule has 84 valence electrons. The number of aromatic nitrogens is 2. The van der Waals surface area contributed by atoms with Crippen LogP contribution < -0.4 is 0 Å². The van der Waals surface area contributed by atoms with Gasteiger partial charge in [0.2, 0.25) is 0 Å². The van der Waals surface area contributed by atoms with Crippen LogP contribution in [0.1, 0.15) is 37.9 Å². The van der Waals surface area contributed by atoms with E-state index < -0.39 is 0 Å². The Bertz CT molecular complexity index is 320. The topological polar surface area (TPSA) is 44.1 Å². The molecule has 0 aliphatic heterocycles. The average Bonchev–Trinajstić information content (AvgIpc) is 2.65. The molecule has 1 unspecified atom stereocenters. The highest BCUT2D eigenvalue weighted by molar-refractivity contribution is 5.73. The van der Waals surface area contributed by atoms with E-state index in [9.17, 15) is 4.79 Å². The van der Waals surface area contributed by atoms with E-state index in [-0.39, 0.29) is 12.0 Å². The molecule has 1 atom stereocenters. The standard InChI is InChI=1S/C11H18N2O2/c1-4-5-6-10(11(14)15-3)13-8-7-9(2)12-13/h7-8,10H,4-6H2,1-3H3. The third-order valence-corrected chi connectivity index (χ3v) is 2.37. The maximum absolute atomic E-state index is 11.5. The summed E-state index contributed by atoms with van der Waals surface area (Å²) in [5, 5.41) is 4.25. The predicted octanol–water partition coefficient (Wildman–Crippen LogP) is 2.10. The van der Waals surface area contributed by atoms with Crippen LogP contribution in [0.5, 0.6) is 0 Å². The van der Waals surface area contributed by atoms with Crippen LogP contribution in [0.2, 0.25) is 0 Å². The van der Waals surface area contributed by atoms with Crippen LogP contribution in [0.15, 0.2) is 12.3 Å². The summed E-state index contributed by atoms with van der Waals surface area (Å²) >= 11 is 0. The van der Waals surface area contributed by atoms with Gasteiger partial charge >= 0.3 is 5.97 Å². The molecule has 15 heavy (non-hydrogen) atoms. The fourth-order valence-corrected chi connectivity index (χ4v) is 1.50. The molecule has 0 bridgehead atoms. The number of hydrogen-bond acceptors (Lipinski definition) is 3. The van der Waals surface area contributed by atoms with Crippen LogP contribution in [0.25, 0.3) is 0 Å². The van der Waals surface area contributed by atoms with Crippen molar-refractivity contribution in [1.82, 2.24) is 9.78 Å². The number of carbonyl (C=O) groups excluding carboxylic acids is 1. The Hall–Kier alpha value is -1.32. The number of methoxy groups -OCH3 is 1. The Labute approximate surface area is 90.2 Å². The molecule has 0 saturated heterocycles. The van der Waals surface area contributed by atoms with Crippen LogP contribution in [-0.4, -0.2) is 22.9 Å². The van der Waals surface area contributed by atoms with Crippen molar-refractivity contribution in [3.8, 4) is 0 Å². The maximum Gasteiger partial charge on any atom is 0.330 e. The molecule has 0 aliphatic carbocycles. The second-order valence-electron chi connectivity index (χ2n) is 3.62. The van der Waals surface area contributed by atoms with Gasteiger partial charge in [-0.05, 0) is 19.4 Å². The van der Waals surface area contributed by atoms with Gasteiger partial charge in [-0.25, -0.2) is 4.79 Å². The minimum absolute atomic E-state index is 0.216. The van der Waals surface area contributed by atoms with Gasteiger partial charge < -0.3 is 4.74 Å². The van der Waals surface area contributed by atoms with Crippen molar-refractivity contribution in [2.75, 3.05) is 7.11 Å². The Balaban J connectivity index is 2.76. The van der Waals surface area contributed by atoms with Crippen molar-refractivity contribution in [2.45, 2.75) is 39.2 Å². The molecule has 0 spiro atoms. The summed E-state index contributed by atoms with van der Waals surface area (Å²) in [6, 6.07) is 1.62. The van der Waals surface area contributed by atoms with Crippen molar-refractivity contribution in [1.29, 1.82) is 0 Å². The highest BCUT2D eigenvalue weighted by Gasteiger charge is 2.20. The third kappa shape index (κ3) is 3.08. The second-order valence-corrected chi connectivity index (χ2v) is 3.62. The van der Waals surface area contributed by atoms with Crippen molar-refractivity contribution >= 4 is 5.97 Å². The molecular formula is C11H18N2O2. The zero-order valence-corrected chi connectivity index (χ0v) is 9.56. The van der Waals surface area contributed by atoms with Gasteiger partial charge in [-0.3, -0.25) is 4.68 Å². The van der Waals surface area contributed by atoms with Gasteiger partial charge in [-0.1, -0.05) is 19.8 Å². The molecule has 0 amide bonds. The van der Waals surface area contributed by atoms with Gasteiger partial charge in [-0.15, -0.1) is 0 Å².